The van der Waals surface area contributed by atoms with Crippen molar-refractivity contribution in [3.8, 4) is 11.5 Å². The van der Waals surface area contributed by atoms with Crippen LogP contribution >= 0.6 is 0 Å². The zero-order valence-corrected chi connectivity index (χ0v) is 14.6. The Morgan fingerprint density at radius 2 is 1.92 bits per heavy atom. The van der Waals surface area contributed by atoms with E-state index in [1.807, 2.05) is 13.8 Å². The molecule has 2 amide bonds. The number of carbonyl (C=O) groups excluding carboxylic acids is 2. The van der Waals surface area contributed by atoms with E-state index in [0.717, 1.165) is 6.42 Å². The maximum atomic E-state index is 11.5. The summed E-state index contributed by atoms with van der Waals surface area (Å²) in [6, 6.07) is 5.22. The molecule has 0 saturated carbocycles. The number of hydrazone groups is 1. The van der Waals surface area contributed by atoms with Crippen molar-refractivity contribution in [3.05, 3.63) is 23.8 Å². The van der Waals surface area contributed by atoms with Gasteiger partial charge in [-0.2, -0.15) is 5.10 Å². The lowest BCUT2D eigenvalue weighted by molar-refractivity contribution is -0.139. The van der Waals surface area contributed by atoms with Crippen LogP contribution in [0.5, 0.6) is 11.5 Å². The molecule has 0 aliphatic heterocycles. The molecule has 1 aromatic rings. The van der Waals surface area contributed by atoms with Crippen molar-refractivity contribution in [2.45, 2.75) is 40.2 Å². The van der Waals surface area contributed by atoms with Gasteiger partial charge in [0.05, 0.1) is 19.4 Å². The van der Waals surface area contributed by atoms with E-state index < -0.39 is 11.8 Å². The molecule has 0 spiro atoms. The fourth-order valence-corrected chi connectivity index (χ4v) is 1.75. The molecule has 0 atom stereocenters. The van der Waals surface area contributed by atoms with Crippen molar-refractivity contribution >= 4 is 18.0 Å². The molecule has 1 aromatic carbocycles. The molecule has 132 valence electrons. The highest BCUT2D eigenvalue weighted by Gasteiger charge is 2.13. The molecule has 0 fully saturated rings. The van der Waals surface area contributed by atoms with Crippen LogP contribution in [0.1, 0.15) is 39.7 Å². The Balaban J connectivity index is 2.71. The number of hydrogen-bond donors (Lipinski definition) is 2. The van der Waals surface area contributed by atoms with Crippen molar-refractivity contribution in [1.29, 1.82) is 0 Å². The average molecular weight is 335 g/mol. The molecule has 0 aliphatic carbocycles. The number of hydrogen-bond acceptors (Lipinski definition) is 5. The summed E-state index contributed by atoms with van der Waals surface area (Å²) >= 11 is 0. The minimum atomic E-state index is -0.812. The second-order valence-corrected chi connectivity index (χ2v) is 5.31. The number of ether oxygens (including phenoxy) is 2. The van der Waals surface area contributed by atoms with Gasteiger partial charge in [0, 0.05) is 6.04 Å². The first-order valence-electron chi connectivity index (χ1n) is 8.01. The quantitative estimate of drug-likeness (QED) is 0.431. The molecule has 1 rings (SSSR count). The third-order valence-electron chi connectivity index (χ3n) is 2.74. The summed E-state index contributed by atoms with van der Waals surface area (Å²) in [6.07, 6.45) is 2.34. The maximum absolute atomic E-state index is 11.5. The number of nitrogens with one attached hydrogen (secondary N) is 2. The molecular weight excluding hydrogens is 310 g/mol. The van der Waals surface area contributed by atoms with Gasteiger partial charge in [-0.15, -0.1) is 0 Å². The largest absolute Gasteiger partial charge is 0.490 e. The molecule has 0 bridgehead atoms. The van der Waals surface area contributed by atoms with Crippen molar-refractivity contribution in [2.24, 2.45) is 5.10 Å². The van der Waals surface area contributed by atoms with E-state index in [0.29, 0.717) is 30.3 Å². The minimum Gasteiger partial charge on any atom is -0.490 e. The molecule has 0 heterocycles. The Hall–Kier alpha value is -2.57. The fraction of sp³-hybridized carbons (Fsp3) is 0.471. The van der Waals surface area contributed by atoms with Crippen LogP contribution in [0.3, 0.4) is 0 Å². The standard InChI is InChI=1S/C17H25N3O4/c1-5-9-24-14-8-7-13(10-15(14)23-6-2)11-18-20-17(22)16(21)19-12(3)4/h7-8,10-12H,5-6,9H2,1-4H3,(H,19,21)(H,20,22)/b18-11+. The first-order chi connectivity index (χ1) is 11.5. The van der Waals surface area contributed by atoms with E-state index in [4.69, 9.17) is 9.47 Å². The van der Waals surface area contributed by atoms with Crippen LogP contribution in [-0.4, -0.2) is 37.3 Å². The van der Waals surface area contributed by atoms with Crippen LogP contribution in [0, 0.1) is 0 Å². The Morgan fingerprint density at radius 1 is 1.17 bits per heavy atom. The molecule has 7 heteroatoms. The van der Waals surface area contributed by atoms with E-state index in [2.05, 4.69) is 15.8 Å². The van der Waals surface area contributed by atoms with Crippen molar-refractivity contribution < 1.29 is 19.1 Å². The predicted molar refractivity (Wildman–Crippen MR) is 92.4 cm³/mol. The van der Waals surface area contributed by atoms with Crippen LogP contribution in [0.2, 0.25) is 0 Å². The van der Waals surface area contributed by atoms with Gasteiger partial charge in [0.2, 0.25) is 0 Å². The zero-order chi connectivity index (χ0) is 17.9. The van der Waals surface area contributed by atoms with E-state index in [-0.39, 0.29) is 6.04 Å². The lowest BCUT2D eigenvalue weighted by Gasteiger charge is -2.11. The first-order valence-corrected chi connectivity index (χ1v) is 8.01. The van der Waals surface area contributed by atoms with Crippen molar-refractivity contribution in [3.63, 3.8) is 0 Å². The Labute approximate surface area is 142 Å². The molecule has 24 heavy (non-hydrogen) atoms. The normalized spacial score (nSPS) is 10.7. The van der Waals surface area contributed by atoms with Gasteiger partial charge < -0.3 is 14.8 Å². The SMILES string of the molecule is CCCOc1ccc(/C=N/NC(=O)C(=O)NC(C)C)cc1OCC. The molecule has 0 saturated heterocycles. The zero-order valence-electron chi connectivity index (χ0n) is 14.6. The summed E-state index contributed by atoms with van der Waals surface area (Å²) in [7, 11) is 0. The molecule has 0 unspecified atom stereocenters. The predicted octanol–water partition coefficient (Wildman–Crippen LogP) is 1.85. The minimum absolute atomic E-state index is 0.114. The Bertz CT molecular complexity index is 585. The van der Waals surface area contributed by atoms with Gasteiger partial charge in [-0.3, -0.25) is 9.59 Å². The number of carbonyl (C=O) groups is 2. The Morgan fingerprint density at radius 3 is 2.54 bits per heavy atom. The molecule has 0 aliphatic rings. The Kier molecular flexibility index (Phi) is 8.32. The molecule has 0 aromatic heterocycles. The molecule has 2 N–H and O–H groups in total. The smallest absolute Gasteiger partial charge is 0.329 e. The maximum Gasteiger partial charge on any atom is 0.329 e. The summed E-state index contributed by atoms with van der Waals surface area (Å²) in [6.45, 7) is 8.57. The highest BCUT2D eigenvalue weighted by molar-refractivity contribution is 6.35. The van der Waals surface area contributed by atoms with Gasteiger partial charge in [0.15, 0.2) is 11.5 Å². The number of nitrogens with zero attached hydrogens (tertiary/aromatic N) is 1. The molecule has 7 nitrogen and oxygen atoms in total. The average Bonchev–Trinajstić information content (AvgIpc) is 2.53. The second-order valence-electron chi connectivity index (χ2n) is 5.31. The van der Waals surface area contributed by atoms with Crippen LogP contribution in [0.25, 0.3) is 0 Å². The van der Waals surface area contributed by atoms with Gasteiger partial charge in [-0.25, -0.2) is 5.43 Å². The summed E-state index contributed by atoms with van der Waals surface area (Å²) in [5.74, 6) is -0.261. The number of rotatable bonds is 8. The summed E-state index contributed by atoms with van der Waals surface area (Å²) in [5, 5.41) is 6.26. The van der Waals surface area contributed by atoms with Gasteiger partial charge in [0.1, 0.15) is 0 Å². The summed E-state index contributed by atoms with van der Waals surface area (Å²) in [4.78, 5) is 23.0. The highest BCUT2D eigenvalue weighted by atomic mass is 16.5. The van der Waals surface area contributed by atoms with E-state index >= 15 is 0 Å². The van der Waals surface area contributed by atoms with Gasteiger partial charge in [-0.1, -0.05) is 6.92 Å². The summed E-state index contributed by atoms with van der Waals surface area (Å²) < 4.78 is 11.2. The van der Waals surface area contributed by atoms with E-state index in [9.17, 15) is 9.59 Å². The van der Waals surface area contributed by atoms with Crippen molar-refractivity contribution in [2.75, 3.05) is 13.2 Å². The van der Waals surface area contributed by atoms with Gasteiger partial charge >= 0.3 is 11.8 Å². The van der Waals surface area contributed by atoms with Gasteiger partial charge in [-0.05, 0) is 51.0 Å². The molecule has 0 radical (unpaired) electrons. The van der Waals surface area contributed by atoms with Crippen molar-refractivity contribution in [1.82, 2.24) is 10.7 Å². The second kappa shape index (κ2) is 10.3. The third-order valence-corrected chi connectivity index (χ3v) is 2.74. The number of amides is 2. The van der Waals surface area contributed by atoms with Crippen LogP contribution in [-0.2, 0) is 9.59 Å². The fourth-order valence-electron chi connectivity index (χ4n) is 1.75. The van der Waals surface area contributed by atoms with E-state index in [1.54, 1.807) is 32.0 Å². The molecular formula is C17H25N3O4. The van der Waals surface area contributed by atoms with Crippen LogP contribution in [0.4, 0.5) is 0 Å². The highest BCUT2D eigenvalue weighted by Crippen LogP contribution is 2.28. The topological polar surface area (TPSA) is 89.0 Å². The first kappa shape index (κ1) is 19.5. The lowest BCUT2D eigenvalue weighted by atomic mass is 10.2. The van der Waals surface area contributed by atoms with Crippen LogP contribution in [0.15, 0.2) is 23.3 Å². The van der Waals surface area contributed by atoms with Crippen LogP contribution < -0.4 is 20.2 Å². The van der Waals surface area contributed by atoms with Gasteiger partial charge in [0.25, 0.3) is 0 Å². The monoisotopic (exact) mass is 335 g/mol. The lowest BCUT2D eigenvalue weighted by Crippen LogP contribution is -2.41. The number of benzene rings is 1. The van der Waals surface area contributed by atoms with E-state index in [1.165, 1.54) is 6.21 Å². The third kappa shape index (κ3) is 6.68. The summed E-state index contributed by atoms with van der Waals surface area (Å²) in [5.41, 5.74) is 2.90.